The van der Waals surface area contributed by atoms with E-state index in [4.69, 9.17) is 5.73 Å². The van der Waals surface area contributed by atoms with Gasteiger partial charge in [-0.15, -0.1) is 0 Å². The first kappa shape index (κ1) is 9.12. The van der Waals surface area contributed by atoms with E-state index >= 15 is 0 Å². The highest BCUT2D eigenvalue weighted by Crippen LogP contribution is 2.21. The van der Waals surface area contributed by atoms with Crippen molar-refractivity contribution in [1.29, 1.82) is 0 Å². The molecule has 4 nitrogen and oxygen atoms in total. The molecule has 0 bridgehead atoms. The largest absolute Gasteiger partial charge is 0.336 e. The van der Waals surface area contributed by atoms with Gasteiger partial charge in [-0.1, -0.05) is 5.16 Å². The van der Waals surface area contributed by atoms with Crippen molar-refractivity contribution >= 4 is 0 Å². The molecule has 0 aliphatic heterocycles. The van der Waals surface area contributed by atoms with Crippen molar-refractivity contribution in [3.63, 3.8) is 0 Å². The van der Waals surface area contributed by atoms with E-state index in [-0.39, 0.29) is 5.89 Å². The number of hydrogen-bond acceptors (Lipinski definition) is 4. The molecule has 0 aromatic carbocycles. The summed E-state index contributed by atoms with van der Waals surface area (Å²) >= 11 is 0. The Hall–Kier alpha value is -0.970. The zero-order valence-corrected chi connectivity index (χ0v) is 7.17. The number of aromatic nitrogens is 2. The predicted octanol–water partition coefficient (Wildman–Crippen LogP) is 0.775. The van der Waals surface area contributed by atoms with Crippen LogP contribution in [0.25, 0.3) is 0 Å². The van der Waals surface area contributed by atoms with Gasteiger partial charge < -0.3 is 10.3 Å². The second kappa shape index (κ2) is 3.18. The van der Waals surface area contributed by atoms with Crippen molar-refractivity contribution in [3.05, 3.63) is 11.7 Å². The monoisotopic (exact) mass is 173 g/mol. The molecule has 2 N–H and O–H groups in total. The minimum absolute atomic E-state index is 0.00551. The molecule has 0 saturated heterocycles. The van der Waals surface area contributed by atoms with Crippen molar-refractivity contribution in [2.24, 2.45) is 5.73 Å². The Morgan fingerprint density at radius 1 is 1.58 bits per heavy atom. The van der Waals surface area contributed by atoms with E-state index in [1.807, 2.05) is 0 Å². The van der Waals surface area contributed by atoms with Crippen LogP contribution >= 0.6 is 0 Å². The quantitative estimate of drug-likeness (QED) is 0.733. The Kier molecular flexibility index (Phi) is 2.42. The second-order valence-corrected chi connectivity index (χ2v) is 3.03. The minimum Gasteiger partial charge on any atom is -0.336 e. The molecule has 0 atom stereocenters. The molecule has 1 rings (SSSR count). The number of halogens is 1. The molecule has 1 aromatic rings. The van der Waals surface area contributed by atoms with Crippen LogP contribution in [0.15, 0.2) is 4.52 Å². The lowest BCUT2D eigenvalue weighted by molar-refractivity contribution is 0.155. The van der Waals surface area contributed by atoms with Crippen molar-refractivity contribution in [2.45, 2.75) is 25.9 Å². The number of hydrogen-bond donors (Lipinski definition) is 1. The summed E-state index contributed by atoms with van der Waals surface area (Å²) in [7, 11) is 0. The zero-order chi connectivity index (χ0) is 9.19. The van der Waals surface area contributed by atoms with Crippen molar-refractivity contribution in [1.82, 2.24) is 10.1 Å². The lowest BCUT2D eigenvalue weighted by Crippen LogP contribution is -2.10. The lowest BCUT2D eigenvalue weighted by atomic mass is 10.2. The highest BCUT2D eigenvalue weighted by atomic mass is 19.1. The predicted molar refractivity (Wildman–Crippen MR) is 41.2 cm³/mol. The van der Waals surface area contributed by atoms with E-state index in [2.05, 4.69) is 14.7 Å². The highest BCUT2D eigenvalue weighted by Gasteiger charge is 2.26. The molecule has 0 unspecified atom stereocenters. The summed E-state index contributed by atoms with van der Waals surface area (Å²) in [6.45, 7) is 3.17. The zero-order valence-electron chi connectivity index (χ0n) is 7.17. The van der Waals surface area contributed by atoms with Crippen LogP contribution in [0.1, 0.15) is 25.6 Å². The molecule has 1 heterocycles. The van der Waals surface area contributed by atoms with E-state index in [0.29, 0.717) is 18.8 Å². The molecule has 0 saturated carbocycles. The van der Waals surface area contributed by atoms with Crippen LogP contribution in [0.3, 0.4) is 0 Å². The van der Waals surface area contributed by atoms with Gasteiger partial charge in [0, 0.05) is 6.42 Å². The van der Waals surface area contributed by atoms with E-state index in [9.17, 15) is 4.39 Å². The molecule has 0 amide bonds. The second-order valence-electron chi connectivity index (χ2n) is 3.03. The third-order valence-corrected chi connectivity index (χ3v) is 1.34. The molecular formula is C7H12FN3O. The van der Waals surface area contributed by atoms with Gasteiger partial charge in [-0.25, -0.2) is 4.39 Å². The summed E-state index contributed by atoms with van der Waals surface area (Å²) < 4.78 is 17.8. The highest BCUT2D eigenvalue weighted by molar-refractivity contribution is 4.95. The molecular weight excluding hydrogens is 161 g/mol. The van der Waals surface area contributed by atoms with Crippen LogP contribution < -0.4 is 5.73 Å². The van der Waals surface area contributed by atoms with Gasteiger partial charge in [0.15, 0.2) is 11.5 Å². The van der Waals surface area contributed by atoms with Gasteiger partial charge in [0.2, 0.25) is 0 Å². The third-order valence-electron chi connectivity index (χ3n) is 1.34. The molecule has 0 fully saturated rings. The van der Waals surface area contributed by atoms with Crippen LogP contribution in [-0.2, 0) is 12.1 Å². The topological polar surface area (TPSA) is 64.9 Å². The van der Waals surface area contributed by atoms with Crippen LogP contribution in [0, 0.1) is 0 Å². The van der Waals surface area contributed by atoms with Gasteiger partial charge >= 0.3 is 0 Å². The summed E-state index contributed by atoms with van der Waals surface area (Å²) in [5.41, 5.74) is 3.69. The summed E-state index contributed by atoms with van der Waals surface area (Å²) in [6.07, 6.45) is 0.513. The standard InChI is InChI=1S/C7H12FN3O/c1-7(2,8)6-10-5(3-4-9)11-12-6/h3-4,9H2,1-2H3. The number of nitrogens with zero attached hydrogens (tertiary/aromatic N) is 2. The Balaban J connectivity index is 2.77. The van der Waals surface area contributed by atoms with Crippen LogP contribution in [-0.4, -0.2) is 16.7 Å². The first-order valence-electron chi connectivity index (χ1n) is 3.76. The molecule has 12 heavy (non-hydrogen) atoms. The average Bonchev–Trinajstić information content (AvgIpc) is 2.35. The molecule has 68 valence electrons. The Bertz CT molecular complexity index is 253. The first-order chi connectivity index (χ1) is 5.54. The minimum atomic E-state index is -1.57. The van der Waals surface area contributed by atoms with Crippen molar-refractivity contribution in [3.8, 4) is 0 Å². The van der Waals surface area contributed by atoms with Crippen LogP contribution in [0.4, 0.5) is 4.39 Å². The van der Waals surface area contributed by atoms with Gasteiger partial charge in [0.25, 0.3) is 5.89 Å². The molecule has 0 aliphatic carbocycles. The summed E-state index contributed by atoms with van der Waals surface area (Å²) in [5, 5.41) is 3.57. The van der Waals surface area contributed by atoms with E-state index < -0.39 is 5.67 Å². The van der Waals surface area contributed by atoms with Crippen molar-refractivity contribution < 1.29 is 8.91 Å². The molecule has 0 aliphatic rings. The maximum Gasteiger partial charge on any atom is 0.263 e. The summed E-state index contributed by atoms with van der Waals surface area (Å²) in [6, 6.07) is 0. The Morgan fingerprint density at radius 2 is 2.25 bits per heavy atom. The van der Waals surface area contributed by atoms with Gasteiger partial charge in [-0.05, 0) is 20.4 Å². The number of alkyl halides is 1. The van der Waals surface area contributed by atoms with Gasteiger partial charge in [0.05, 0.1) is 0 Å². The molecule has 0 radical (unpaired) electrons. The van der Waals surface area contributed by atoms with Crippen molar-refractivity contribution in [2.75, 3.05) is 6.54 Å². The fourth-order valence-electron chi connectivity index (χ4n) is 0.726. The van der Waals surface area contributed by atoms with Gasteiger partial charge in [-0.3, -0.25) is 0 Å². The molecule has 5 heteroatoms. The Morgan fingerprint density at radius 3 is 2.67 bits per heavy atom. The first-order valence-corrected chi connectivity index (χ1v) is 3.76. The summed E-state index contributed by atoms with van der Waals surface area (Å²) in [4.78, 5) is 3.84. The average molecular weight is 173 g/mol. The van der Waals surface area contributed by atoms with Crippen LogP contribution in [0.5, 0.6) is 0 Å². The van der Waals surface area contributed by atoms with E-state index in [1.54, 1.807) is 0 Å². The normalized spacial score (nSPS) is 12.0. The van der Waals surface area contributed by atoms with E-state index in [0.717, 1.165) is 0 Å². The summed E-state index contributed by atoms with van der Waals surface area (Å²) in [5.74, 6) is 0.462. The Labute approximate surface area is 69.9 Å². The fraction of sp³-hybridized carbons (Fsp3) is 0.714. The van der Waals surface area contributed by atoms with Crippen LogP contribution in [0.2, 0.25) is 0 Å². The SMILES string of the molecule is CC(C)(F)c1nc(CCN)no1. The lowest BCUT2D eigenvalue weighted by Gasteiger charge is -2.05. The third kappa shape index (κ3) is 2.01. The maximum atomic E-state index is 13.1. The number of nitrogens with two attached hydrogens (primary N) is 1. The molecule has 1 aromatic heterocycles. The molecule has 0 spiro atoms. The van der Waals surface area contributed by atoms with Gasteiger partial charge in [0.1, 0.15) is 0 Å². The van der Waals surface area contributed by atoms with E-state index in [1.165, 1.54) is 13.8 Å². The number of rotatable bonds is 3. The smallest absolute Gasteiger partial charge is 0.263 e. The fourth-order valence-corrected chi connectivity index (χ4v) is 0.726. The maximum absolute atomic E-state index is 13.1. The van der Waals surface area contributed by atoms with Gasteiger partial charge in [-0.2, -0.15) is 4.98 Å².